The number of nitrogens with one attached hydrogen (secondary N) is 1. The Balaban J connectivity index is 2.81. The van der Waals surface area contributed by atoms with Crippen LogP contribution in [0.5, 0.6) is 0 Å². The maximum Gasteiger partial charge on any atom is 0.307 e. The third kappa shape index (κ3) is 4.07. The van der Waals surface area contributed by atoms with E-state index in [-0.39, 0.29) is 24.0 Å². The molecule has 0 amide bonds. The second kappa shape index (κ2) is 7.06. The Kier molecular flexibility index (Phi) is 5.71. The van der Waals surface area contributed by atoms with Gasteiger partial charge in [-0.25, -0.2) is 8.78 Å². The fourth-order valence-corrected chi connectivity index (χ4v) is 1.68. The first-order valence-electron chi connectivity index (χ1n) is 5.76. The summed E-state index contributed by atoms with van der Waals surface area (Å²) >= 11 is 0. The second-order valence-electron chi connectivity index (χ2n) is 3.86. The first-order valence-corrected chi connectivity index (χ1v) is 5.76. The molecule has 1 aromatic carbocycles. The van der Waals surface area contributed by atoms with Crippen molar-refractivity contribution in [2.24, 2.45) is 0 Å². The molecule has 0 aliphatic rings. The van der Waals surface area contributed by atoms with Crippen molar-refractivity contribution in [3.63, 3.8) is 0 Å². The number of hydrogen-bond acceptors (Lipinski definition) is 3. The summed E-state index contributed by atoms with van der Waals surface area (Å²) in [4.78, 5) is 11.3. The van der Waals surface area contributed by atoms with Gasteiger partial charge in [0.2, 0.25) is 0 Å². The summed E-state index contributed by atoms with van der Waals surface area (Å²) in [6.07, 6.45) is -2.30. The Hall–Kier alpha value is -1.49. The summed E-state index contributed by atoms with van der Waals surface area (Å²) in [5.74, 6) is -0.334. The molecule has 1 unspecified atom stereocenters. The summed E-state index contributed by atoms with van der Waals surface area (Å²) in [6, 6.07) is 5.76. The van der Waals surface area contributed by atoms with E-state index in [4.69, 9.17) is 0 Å². The number of halogens is 2. The summed E-state index contributed by atoms with van der Waals surface area (Å²) in [7, 11) is 1.32. The van der Waals surface area contributed by atoms with Gasteiger partial charge in [0.25, 0.3) is 6.43 Å². The standard InChI is InChI=1S/C13H17F2NO2/c1-3-16-11(8-12(17)18-2)9-4-6-10(7-5-9)13(14)15/h4-7,11,13,16H,3,8H2,1-2H3. The molecule has 0 saturated heterocycles. The fraction of sp³-hybridized carbons (Fsp3) is 0.462. The van der Waals surface area contributed by atoms with Gasteiger partial charge in [0.15, 0.2) is 0 Å². The zero-order valence-electron chi connectivity index (χ0n) is 10.5. The molecule has 1 N–H and O–H groups in total. The van der Waals surface area contributed by atoms with Crippen molar-refractivity contribution in [1.82, 2.24) is 5.32 Å². The minimum atomic E-state index is -2.47. The van der Waals surface area contributed by atoms with Crippen molar-refractivity contribution in [3.05, 3.63) is 35.4 Å². The first kappa shape index (κ1) is 14.6. The number of benzene rings is 1. The van der Waals surface area contributed by atoms with Crippen LogP contribution in [0.25, 0.3) is 0 Å². The summed E-state index contributed by atoms with van der Waals surface area (Å²) < 4.78 is 29.5. The smallest absolute Gasteiger partial charge is 0.307 e. The Morgan fingerprint density at radius 3 is 2.28 bits per heavy atom. The number of hydrogen-bond donors (Lipinski definition) is 1. The predicted molar refractivity (Wildman–Crippen MR) is 64.4 cm³/mol. The van der Waals surface area contributed by atoms with Crippen LogP contribution in [-0.4, -0.2) is 19.6 Å². The van der Waals surface area contributed by atoms with Gasteiger partial charge in [-0.05, 0) is 12.1 Å². The molecule has 0 radical (unpaired) electrons. The van der Waals surface area contributed by atoms with Gasteiger partial charge in [0, 0.05) is 11.6 Å². The zero-order chi connectivity index (χ0) is 13.5. The van der Waals surface area contributed by atoms with Crippen molar-refractivity contribution in [3.8, 4) is 0 Å². The lowest BCUT2D eigenvalue weighted by Crippen LogP contribution is -2.24. The number of ether oxygens (including phenoxy) is 1. The fourth-order valence-electron chi connectivity index (χ4n) is 1.68. The lowest BCUT2D eigenvalue weighted by molar-refractivity contribution is -0.141. The van der Waals surface area contributed by atoms with Crippen molar-refractivity contribution < 1.29 is 18.3 Å². The molecule has 5 heteroatoms. The van der Waals surface area contributed by atoms with Crippen LogP contribution in [0.1, 0.15) is 36.9 Å². The van der Waals surface area contributed by atoms with E-state index in [9.17, 15) is 13.6 Å². The maximum atomic E-state index is 12.4. The molecular weight excluding hydrogens is 240 g/mol. The topological polar surface area (TPSA) is 38.3 Å². The van der Waals surface area contributed by atoms with Crippen LogP contribution in [0, 0.1) is 0 Å². The minimum Gasteiger partial charge on any atom is -0.469 e. The molecule has 3 nitrogen and oxygen atoms in total. The SMILES string of the molecule is CCNC(CC(=O)OC)c1ccc(C(F)F)cc1. The number of esters is 1. The third-order valence-electron chi connectivity index (χ3n) is 2.64. The van der Waals surface area contributed by atoms with Crippen LogP contribution >= 0.6 is 0 Å². The van der Waals surface area contributed by atoms with Crippen molar-refractivity contribution >= 4 is 5.97 Å². The van der Waals surface area contributed by atoms with E-state index in [2.05, 4.69) is 10.1 Å². The van der Waals surface area contributed by atoms with E-state index < -0.39 is 6.43 Å². The number of carbonyl (C=O) groups is 1. The molecule has 0 spiro atoms. The van der Waals surface area contributed by atoms with Crippen LogP contribution < -0.4 is 5.32 Å². The van der Waals surface area contributed by atoms with E-state index in [1.165, 1.54) is 19.2 Å². The molecule has 1 atom stereocenters. The lowest BCUT2D eigenvalue weighted by atomic mass is 10.0. The van der Waals surface area contributed by atoms with Crippen LogP contribution in [0.2, 0.25) is 0 Å². The van der Waals surface area contributed by atoms with E-state index in [0.717, 1.165) is 5.56 Å². The quantitative estimate of drug-likeness (QED) is 0.796. The molecular formula is C13H17F2NO2. The molecule has 18 heavy (non-hydrogen) atoms. The van der Waals surface area contributed by atoms with Crippen molar-refractivity contribution in [2.45, 2.75) is 25.8 Å². The van der Waals surface area contributed by atoms with Crippen LogP contribution in [0.3, 0.4) is 0 Å². The van der Waals surface area contributed by atoms with Crippen LogP contribution in [-0.2, 0) is 9.53 Å². The highest BCUT2D eigenvalue weighted by atomic mass is 19.3. The molecule has 1 aromatic rings. The molecule has 0 aromatic heterocycles. The Morgan fingerprint density at radius 2 is 1.83 bits per heavy atom. The number of carbonyl (C=O) groups excluding carboxylic acids is 1. The van der Waals surface area contributed by atoms with Gasteiger partial charge >= 0.3 is 5.97 Å². The minimum absolute atomic E-state index is 0.0212. The molecule has 0 fully saturated rings. The Bertz CT molecular complexity index is 379. The van der Waals surface area contributed by atoms with E-state index in [0.29, 0.717) is 6.54 Å². The molecule has 0 saturated carbocycles. The van der Waals surface area contributed by atoms with E-state index in [1.807, 2.05) is 6.92 Å². The van der Waals surface area contributed by atoms with Gasteiger partial charge < -0.3 is 10.1 Å². The summed E-state index contributed by atoms with van der Waals surface area (Å²) in [6.45, 7) is 2.59. The highest BCUT2D eigenvalue weighted by Gasteiger charge is 2.16. The van der Waals surface area contributed by atoms with Gasteiger partial charge in [0.1, 0.15) is 0 Å². The molecule has 0 heterocycles. The first-order chi connectivity index (χ1) is 8.58. The second-order valence-corrected chi connectivity index (χ2v) is 3.86. The Labute approximate surface area is 105 Å². The summed E-state index contributed by atoms with van der Waals surface area (Å²) in [5.41, 5.74) is 0.777. The van der Waals surface area contributed by atoms with E-state index in [1.54, 1.807) is 12.1 Å². The molecule has 1 rings (SSSR count). The van der Waals surface area contributed by atoms with Gasteiger partial charge in [-0.2, -0.15) is 0 Å². The van der Waals surface area contributed by atoms with Crippen molar-refractivity contribution in [2.75, 3.05) is 13.7 Å². The monoisotopic (exact) mass is 257 g/mol. The zero-order valence-corrected chi connectivity index (χ0v) is 10.5. The van der Waals surface area contributed by atoms with Gasteiger partial charge in [0.05, 0.1) is 13.5 Å². The van der Waals surface area contributed by atoms with E-state index >= 15 is 0 Å². The molecule has 0 aliphatic carbocycles. The van der Waals surface area contributed by atoms with Gasteiger partial charge in [-0.3, -0.25) is 4.79 Å². The third-order valence-corrected chi connectivity index (χ3v) is 2.64. The van der Waals surface area contributed by atoms with Crippen LogP contribution in [0.15, 0.2) is 24.3 Å². The molecule has 100 valence electrons. The summed E-state index contributed by atoms with van der Waals surface area (Å²) in [5, 5.41) is 3.12. The molecule has 0 bridgehead atoms. The number of rotatable bonds is 6. The average molecular weight is 257 g/mol. The van der Waals surface area contributed by atoms with Gasteiger partial charge in [-0.1, -0.05) is 31.2 Å². The Morgan fingerprint density at radius 1 is 1.28 bits per heavy atom. The number of methoxy groups -OCH3 is 1. The normalized spacial score (nSPS) is 12.5. The predicted octanol–water partition coefficient (Wildman–Crippen LogP) is 2.84. The number of alkyl halides is 2. The maximum absolute atomic E-state index is 12.4. The molecule has 0 aliphatic heterocycles. The van der Waals surface area contributed by atoms with Gasteiger partial charge in [-0.15, -0.1) is 0 Å². The highest BCUT2D eigenvalue weighted by molar-refractivity contribution is 5.70. The highest BCUT2D eigenvalue weighted by Crippen LogP contribution is 2.23. The van der Waals surface area contributed by atoms with Crippen LogP contribution in [0.4, 0.5) is 8.78 Å². The van der Waals surface area contributed by atoms with Crippen molar-refractivity contribution in [1.29, 1.82) is 0 Å². The largest absolute Gasteiger partial charge is 0.469 e. The average Bonchev–Trinajstić information content (AvgIpc) is 2.38. The lowest BCUT2D eigenvalue weighted by Gasteiger charge is -2.17.